The van der Waals surface area contributed by atoms with Crippen molar-refractivity contribution < 1.29 is 19.8 Å². The first kappa shape index (κ1) is 14.2. The van der Waals surface area contributed by atoms with Gasteiger partial charge in [-0.05, 0) is 23.5 Å². The molecule has 2 N–H and O–H groups in total. The summed E-state index contributed by atoms with van der Waals surface area (Å²) in [4.78, 5) is 21.7. The molecular formula is C14H18O4. The lowest BCUT2D eigenvalue weighted by atomic mass is 9.93. The van der Waals surface area contributed by atoms with Gasteiger partial charge in [0.25, 0.3) is 0 Å². The molecule has 0 aliphatic carbocycles. The first-order chi connectivity index (χ1) is 8.40. The Balaban J connectivity index is 2.86. The maximum Gasteiger partial charge on any atom is 0.311 e. The van der Waals surface area contributed by atoms with Gasteiger partial charge in [-0.3, -0.25) is 9.59 Å². The number of benzene rings is 1. The van der Waals surface area contributed by atoms with E-state index in [4.69, 9.17) is 10.2 Å². The molecule has 4 nitrogen and oxygen atoms in total. The number of carbonyl (C=O) groups is 2. The SMILES string of the molecule is CC(C)Cc1ccc(C(CC(=O)O)C(=O)O)cc1. The fourth-order valence-electron chi connectivity index (χ4n) is 1.88. The molecule has 1 atom stereocenters. The predicted octanol–water partition coefficient (Wildman–Crippen LogP) is 2.53. The van der Waals surface area contributed by atoms with Crippen LogP contribution in [0.15, 0.2) is 24.3 Å². The van der Waals surface area contributed by atoms with Gasteiger partial charge in [0, 0.05) is 0 Å². The minimum Gasteiger partial charge on any atom is -0.481 e. The van der Waals surface area contributed by atoms with E-state index in [9.17, 15) is 9.59 Å². The summed E-state index contributed by atoms with van der Waals surface area (Å²) in [6.07, 6.45) is 0.538. The second kappa shape index (κ2) is 6.19. The van der Waals surface area contributed by atoms with Gasteiger partial charge in [0.1, 0.15) is 0 Å². The van der Waals surface area contributed by atoms with Crippen LogP contribution in [0.1, 0.15) is 37.3 Å². The molecule has 0 radical (unpaired) electrons. The number of hydrogen-bond acceptors (Lipinski definition) is 2. The molecule has 0 aliphatic rings. The maximum absolute atomic E-state index is 11.0. The molecule has 0 amide bonds. The molecule has 0 heterocycles. The van der Waals surface area contributed by atoms with Crippen molar-refractivity contribution in [2.75, 3.05) is 0 Å². The summed E-state index contributed by atoms with van der Waals surface area (Å²) < 4.78 is 0. The maximum atomic E-state index is 11.0. The number of aliphatic carboxylic acids is 2. The molecule has 1 aromatic carbocycles. The van der Waals surface area contributed by atoms with Gasteiger partial charge < -0.3 is 10.2 Å². The summed E-state index contributed by atoms with van der Waals surface area (Å²) in [5.74, 6) is -2.65. The van der Waals surface area contributed by atoms with E-state index in [1.807, 2.05) is 12.1 Å². The van der Waals surface area contributed by atoms with Crippen molar-refractivity contribution in [2.24, 2.45) is 5.92 Å². The zero-order valence-corrected chi connectivity index (χ0v) is 10.6. The second-order valence-corrected chi connectivity index (χ2v) is 4.83. The second-order valence-electron chi connectivity index (χ2n) is 4.83. The fraction of sp³-hybridized carbons (Fsp3) is 0.429. The van der Waals surface area contributed by atoms with Gasteiger partial charge in [0.05, 0.1) is 12.3 Å². The third kappa shape index (κ3) is 4.20. The molecule has 1 rings (SSSR count). The average Bonchev–Trinajstić information content (AvgIpc) is 2.26. The topological polar surface area (TPSA) is 74.6 Å². The van der Waals surface area contributed by atoms with Crippen molar-refractivity contribution in [3.8, 4) is 0 Å². The van der Waals surface area contributed by atoms with Crippen molar-refractivity contribution >= 4 is 11.9 Å². The molecule has 0 saturated heterocycles. The van der Waals surface area contributed by atoms with Gasteiger partial charge in [-0.2, -0.15) is 0 Å². The lowest BCUT2D eigenvalue weighted by molar-refractivity contribution is -0.145. The minimum absolute atomic E-state index is 0.390. The van der Waals surface area contributed by atoms with Gasteiger partial charge in [0.2, 0.25) is 0 Å². The Hall–Kier alpha value is -1.84. The van der Waals surface area contributed by atoms with Crippen molar-refractivity contribution in [3.63, 3.8) is 0 Å². The monoisotopic (exact) mass is 250 g/mol. The van der Waals surface area contributed by atoms with Crippen LogP contribution in [-0.4, -0.2) is 22.2 Å². The lowest BCUT2D eigenvalue weighted by Crippen LogP contribution is -2.15. The summed E-state index contributed by atoms with van der Waals surface area (Å²) in [6.45, 7) is 4.22. The third-order valence-corrected chi connectivity index (χ3v) is 2.70. The van der Waals surface area contributed by atoms with E-state index in [1.54, 1.807) is 12.1 Å². The Morgan fingerprint density at radius 1 is 1.11 bits per heavy atom. The average molecular weight is 250 g/mol. The zero-order chi connectivity index (χ0) is 13.7. The van der Waals surface area contributed by atoms with Crippen LogP contribution in [-0.2, 0) is 16.0 Å². The highest BCUT2D eigenvalue weighted by atomic mass is 16.4. The predicted molar refractivity (Wildman–Crippen MR) is 67.6 cm³/mol. The van der Waals surface area contributed by atoms with Crippen molar-refractivity contribution in [3.05, 3.63) is 35.4 Å². The fourth-order valence-corrected chi connectivity index (χ4v) is 1.88. The Morgan fingerprint density at radius 2 is 1.67 bits per heavy atom. The van der Waals surface area contributed by atoms with E-state index in [0.29, 0.717) is 11.5 Å². The molecule has 0 bridgehead atoms. The van der Waals surface area contributed by atoms with Crippen molar-refractivity contribution in [2.45, 2.75) is 32.6 Å². The molecule has 0 saturated carbocycles. The smallest absolute Gasteiger partial charge is 0.311 e. The van der Waals surface area contributed by atoms with E-state index in [1.165, 1.54) is 0 Å². The van der Waals surface area contributed by atoms with Crippen LogP contribution in [0.4, 0.5) is 0 Å². The Bertz CT molecular complexity index is 420. The lowest BCUT2D eigenvalue weighted by Gasteiger charge is -2.11. The first-order valence-electron chi connectivity index (χ1n) is 5.93. The molecule has 0 fully saturated rings. The van der Waals surface area contributed by atoms with Crippen LogP contribution in [0, 0.1) is 5.92 Å². The van der Waals surface area contributed by atoms with Crippen molar-refractivity contribution in [1.82, 2.24) is 0 Å². The molecular weight excluding hydrogens is 232 g/mol. The zero-order valence-electron chi connectivity index (χ0n) is 10.6. The van der Waals surface area contributed by atoms with Gasteiger partial charge >= 0.3 is 11.9 Å². The standard InChI is InChI=1S/C14H18O4/c1-9(2)7-10-3-5-11(6-4-10)12(14(17)18)8-13(15)16/h3-6,9,12H,7-8H2,1-2H3,(H,15,16)(H,17,18). The molecule has 4 heteroatoms. The van der Waals surface area contributed by atoms with Crippen LogP contribution in [0.2, 0.25) is 0 Å². The Morgan fingerprint density at radius 3 is 2.06 bits per heavy atom. The Kier molecular flexibility index (Phi) is 4.89. The highest BCUT2D eigenvalue weighted by Crippen LogP contribution is 2.21. The van der Waals surface area contributed by atoms with Gasteiger partial charge in [-0.25, -0.2) is 0 Å². The number of carboxylic acids is 2. The van der Waals surface area contributed by atoms with E-state index < -0.39 is 24.3 Å². The van der Waals surface area contributed by atoms with Crippen LogP contribution in [0.25, 0.3) is 0 Å². The molecule has 1 unspecified atom stereocenters. The summed E-state index contributed by atoms with van der Waals surface area (Å²) in [5.41, 5.74) is 1.67. The Labute approximate surface area is 106 Å². The molecule has 1 aromatic rings. The summed E-state index contributed by atoms with van der Waals surface area (Å²) in [5, 5.41) is 17.7. The molecule has 0 aromatic heterocycles. The number of rotatable bonds is 6. The number of hydrogen-bond donors (Lipinski definition) is 2. The van der Waals surface area contributed by atoms with Crippen LogP contribution in [0.3, 0.4) is 0 Å². The van der Waals surface area contributed by atoms with Crippen LogP contribution >= 0.6 is 0 Å². The minimum atomic E-state index is -1.10. The van der Waals surface area contributed by atoms with E-state index in [0.717, 1.165) is 12.0 Å². The molecule has 0 spiro atoms. The third-order valence-electron chi connectivity index (χ3n) is 2.70. The van der Waals surface area contributed by atoms with E-state index in [-0.39, 0.29) is 0 Å². The molecule has 18 heavy (non-hydrogen) atoms. The largest absolute Gasteiger partial charge is 0.481 e. The molecule has 0 aliphatic heterocycles. The highest BCUT2D eigenvalue weighted by Gasteiger charge is 2.22. The normalized spacial score (nSPS) is 12.4. The highest BCUT2D eigenvalue weighted by molar-refractivity contribution is 5.82. The summed E-state index contributed by atoms with van der Waals surface area (Å²) >= 11 is 0. The van der Waals surface area contributed by atoms with Gasteiger partial charge in [-0.1, -0.05) is 38.1 Å². The van der Waals surface area contributed by atoms with E-state index >= 15 is 0 Å². The molecule has 98 valence electrons. The van der Waals surface area contributed by atoms with Gasteiger partial charge in [-0.15, -0.1) is 0 Å². The first-order valence-corrected chi connectivity index (χ1v) is 5.93. The van der Waals surface area contributed by atoms with Gasteiger partial charge in [0.15, 0.2) is 0 Å². The van der Waals surface area contributed by atoms with Crippen molar-refractivity contribution in [1.29, 1.82) is 0 Å². The van der Waals surface area contributed by atoms with Crippen LogP contribution < -0.4 is 0 Å². The number of carboxylic acid groups (broad SMARTS) is 2. The quantitative estimate of drug-likeness (QED) is 0.813. The summed E-state index contributed by atoms with van der Waals surface area (Å²) in [6, 6.07) is 7.15. The summed E-state index contributed by atoms with van der Waals surface area (Å²) in [7, 11) is 0. The van der Waals surface area contributed by atoms with Crippen LogP contribution in [0.5, 0.6) is 0 Å². The van der Waals surface area contributed by atoms with E-state index in [2.05, 4.69) is 13.8 Å².